The number of hydrogen-bond acceptors (Lipinski definition) is 1. The summed E-state index contributed by atoms with van der Waals surface area (Å²) in [6, 6.07) is 0. The Balaban J connectivity index is 2.38. The Morgan fingerprint density at radius 1 is 1.53 bits per heavy atom. The molecule has 88 valence electrons. The van der Waals surface area contributed by atoms with Crippen LogP contribution in [0.15, 0.2) is 0 Å². The molecule has 1 amide bonds. The largest absolute Gasteiger partial charge is 0.345 e. The van der Waals surface area contributed by atoms with E-state index in [1.807, 2.05) is 11.9 Å². The van der Waals surface area contributed by atoms with Crippen LogP contribution in [0.3, 0.4) is 0 Å². The minimum Gasteiger partial charge on any atom is -0.345 e. The molecule has 1 rings (SSSR count). The molecule has 0 heterocycles. The first-order valence-corrected chi connectivity index (χ1v) is 6.83. The molecule has 1 aliphatic rings. The van der Waals surface area contributed by atoms with Crippen LogP contribution in [-0.2, 0) is 4.79 Å². The molecule has 0 spiro atoms. The van der Waals surface area contributed by atoms with Crippen molar-refractivity contribution in [2.45, 2.75) is 44.4 Å². The first kappa shape index (κ1) is 13.0. The van der Waals surface area contributed by atoms with E-state index in [-0.39, 0.29) is 0 Å². The Bertz CT molecular complexity index is 218. The zero-order valence-corrected chi connectivity index (χ0v) is 11.6. The van der Waals surface area contributed by atoms with Crippen molar-refractivity contribution in [2.24, 2.45) is 11.8 Å². The molecule has 0 aliphatic heterocycles. The molecule has 3 heteroatoms. The Kier molecular flexibility index (Phi) is 5.10. The summed E-state index contributed by atoms with van der Waals surface area (Å²) in [5.41, 5.74) is 0. The summed E-state index contributed by atoms with van der Waals surface area (Å²) in [5, 5.41) is 0. The maximum absolute atomic E-state index is 12.1. The van der Waals surface area contributed by atoms with Gasteiger partial charge in [0.1, 0.15) is 0 Å². The number of hydrogen-bond donors (Lipinski definition) is 0. The fraction of sp³-hybridized carbons (Fsp3) is 0.917. The second kappa shape index (κ2) is 5.88. The fourth-order valence-electron chi connectivity index (χ4n) is 2.28. The summed E-state index contributed by atoms with van der Waals surface area (Å²) in [6.07, 6.45) is 4.57. The molecule has 3 atom stereocenters. The molecule has 0 aromatic rings. The van der Waals surface area contributed by atoms with Gasteiger partial charge in [-0.2, -0.15) is 0 Å². The van der Waals surface area contributed by atoms with E-state index in [9.17, 15) is 4.79 Å². The van der Waals surface area contributed by atoms with Crippen LogP contribution in [0.4, 0.5) is 0 Å². The van der Waals surface area contributed by atoms with E-state index in [0.29, 0.717) is 22.6 Å². The molecule has 0 bridgehead atoms. The summed E-state index contributed by atoms with van der Waals surface area (Å²) in [4.78, 5) is 14.5. The Labute approximate surface area is 102 Å². The Hall–Kier alpha value is -0.0500. The van der Waals surface area contributed by atoms with Crippen molar-refractivity contribution in [2.75, 3.05) is 13.6 Å². The van der Waals surface area contributed by atoms with Gasteiger partial charge in [-0.05, 0) is 25.2 Å². The monoisotopic (exact) mass is 275 g/mol. The zero-order valence-electron chi connectivity index (χ0n) is 10.0. The number of nitrogens with zero attached hydrogens (tertiary/aromatic N) is 1. The molecule has 1 saturated carbocycles. The standard InChI is InChI=1S/C12H22BrNO/c1-9-5-4-6-11(9)12(15)14(3)8-7-10(2)13/h9-11H,4-8H2,1-3H3. The van der Waals surface area contributed by atoms with Gasteiger partial charge in [0.05, 0.1) is 0 Å². The summed E-state index contributed by atoms with van der Waals surface area (Å²) in [6.45, 7) is 5.20. The van der Waals surface area contributed by atoms with E-state index in [1.54, 1.807) is 0 Å². The first-order chi connectivity index (χ1) is 7.02. The van der Waals surface area contributed by atoms with Crippen molar-refractivity contribution in [3.05, 3.63) is 0 Å². The third-order valence-electron chi connectivity index (χ3n) is 3.42. The number of carbonyl (C=O) groups is 1. The lowest BCUT2D eigenvalue weighted by atomic mass is 9.97. The molecule has 0 saturated heterocycles. The molecule has 1 aliphatic carbocycles. The van der Waals surface area contributed by atoms with Gasteiger partial charge < -0.3 is 4.90 Å². The molecule has 3 unspecified atom stereocenters. The quantitative estimate of drug-likeness (QED) is 0.723. The third-order valence-corrected chi connectivity index (χ3v) is 3.88. The highest BCUT2D eigenvalue weighted by Crippen LogP contribution is 2.32. The lowest BCUT2D eigenvalue weighted by Crippen LogP contribution is -2.35. The average Bonchev–Trinajstić information content (AvgIpc) is 2.59. The van der Waals surface area contributed by atoms with Gasteiger partial charge in [-0.15, -0.1) is 0 Å². The average molecular weight is 276 g/mol. The van der Waals surface area contributed by atoms with E-state index >= 15 is 0 Å². The lowest BCUT2D eigenvalue weighted by molar-refractivity contribution is -0.135. The van der Waals surface area contributed by atoms with Gasteiger partial charge in [0, 0.05) is 24.3 Å². The van der Waals surface area contributed by atoms with Crippen molar-refractivity contribution in [1.29, 1.82) is 0 Å². The van der Waals surface area contributed by atoms with Gasteiger partial charge in [-0.3, -0.25) is 4.79 Å². The highest BCUT2D eigenvalue weighted by atomic mass is 79.9. The maximum atomic E-state index is 12.1. The lowest BCUT2D eigenvalue weighted by Gasteiger charge is -2.23. The van der Waals surface area contributed by atoms with Gasteiger partial charge >= 0.3 is 0 Å². The second-order valence-electron chi connectivity index (χ2n) is 4.84. The minimum atomic E-state index is 0.292. The van der Waals surface area contributed by atoms with Crippen LogP contribution in [0.1, 0.15) is 39.5 Å². The van der Waals surface area contributed by atoms with E-state index in [4.69, 9.17) is 0 Å². The van der Waals surface area contributed by atoms with E-state index in [1.165, 1.54) is 12.8 Å². The van der Waals surface area contributed by atoms with Crippen molar-refractivity contribution < 1.29 is 4.79 Å². The summed E-state index contributed by atoms with van der Waals surface area (Å²) in [5.74, 6) is 1.23. The number of halogens is 1. The molecule has 2 nitrogen and oxygen atoms in total. The molecule has 1 fully saturated rings. The van der Waals surface area contributed by atoms with Crippen molar-refractivity contribution in [1.82, 2.24) is 4.90 Å². The second-order valence-corrected chi connectivity index (χ2v) is 6.41. The van der Waals surface area contributed by atoms with Gasteiger partial charge in [0.25, 0.3) is 0 Å². The van der Waals surface area contributed by atoms with Crippen LogP contribution >= 0.6 is 15.9 Å². The fourth-order valence-corrected chi connectivity index (χ4v) is 2.48. The highest BCUT2D eigenvalue weighted by Gasteiger charge is 2.31. The highest BCUT2D eigenvalue weighted by molar-refractivity contribution is 9.09. The smallest absolute Gasteiger partial charge is 0.225 e. The molecule has 15 heavy (non-hydrogen) atoms. The molecule has 0 N–H and O–H groups in total. The summed E-state index contributed by atoms with van der Waals surface area (Å²) in [7, 11) is 1.93. The van der Waals surface area contributed by atoms with Gasteiger partial charge in [-0.25, -0.2) is 0 Å². The van der Waals surface area contributed by atoms with E-state index in [0.717, 1.165) is 19.4 Å². The SMILES string of the molecule is CC(Br)CCN(C)C(=O)C1CCCC1C. The van der Waals surface area contributed by atoms with Crippen molar-refractivity contribution in [3.8, 4) is 0 Å². The topological polar surface area (TPSA) is 20.3 Å². The van der Waals surface area contributed by atoms with E-state index < -0.39 is 0 Å². The van der Waals surface area contributed by atoms with Crippen molar-refractivity contribution >= 4 is 21.8 Å². The van der Waals surface area contributed by atoms with Crippen molar-refractivity contribution in [3.63, 3.8) is 0 Å². The van der Waals surface area contributed by atoms with E-state index in [2.05, 4.69) is 29.8 Å². The van der Waals surface area contributed by atoms with Crippen LogP contribution in [-0.4, -0.2) is 29.2 Å². The van der Waals surface area contributed by atoms with Crippen LogP contribution in [0.5, 0.6) is 0 Å². The van der Waals surface area contributed by atoms with Gasteiger partial charge in [-0.1, -0.05) is 36.2 Å². The molecular weight excluding hydrogens is 254 g/mol. The maximum Gasteiger partial charge on any atom is 0.225 e. The Morgan fingerprint density at radius 2 is 2.20 bits per heavy atom. The summed E-state index contributed by atoms with van der Waals surface area (Å²) >= 11 is 3.51. The van der Waals surface area contributed by atoms with Crippen LogP contribution in [0, 0.1) is 11.8 Å². The number of amides is 1. The molecule has 0 aromatic carbocycles. The molecule has 0 aromatic heterocycles. The number of carbonyl (C=O) groups excluding carboxylic acids is 1. The third kappa shape index (κ3) is 3.78. The minimum absolute atomic E-state index is 0.292. The normalized spacial score (nSPS) is 27.7. The zero-order chi connectivity index (χ0) is 11.4. The van der Waals surface area contributed by atoms with Gasteiger partial charge in [0.15, 0.2) is 0 Å². The van der Waals surface area contributed by atoms with Crippen LogP contribution in [0.25, 0.3) is 0 Å². The number of alkyl halides is 1. The predicted octanol–water partition coefficient (Wildman–Crippen LogP) is 3.05. The first-order valence-electron chi connectivity index (χ1n) is 5.91. The molecular formula is C12H22BrNO. The number of rotatable bonds is 4. The van der Waals surface area contributed by atoms with Gasteiger partial charge in [0.2, 0.25) is 5.91 Å². The predicted molar refractivity (Wildman–Crippen MR) is 67.1 cm³/mol. The Morgan fingerprint density at radius 3 is 2.67 bits per heavy atom. The van der Waals surface area contributed by atoms with Crippen LogP contribution < -0.4 is 0 Å². The summed E-state index contributed by atoms with van der Waals surface area (Å²) < 4.78 is 0. The molecule has 0 radical (unpaired) electrons. The van der Waals surface area contributed by atoms with Crippen LogP contribution in [0.2, 0.25) is 0 Å².